The molecule has 6 nitrogen and oxygen atoms in total. The lowest BCUT2D eigenvalue weighted by atomic mass is 9.72. The zero-order chi connectivity index (χ0) is 16.4. The molecule has 1 aromatic rings. The maximum Gasteiger partial charge on any atom is 0.225 e. The van der Waals surface area contributed by atoms with E-state index in [1.165, 1.54) is 0 Å². The molecular weight excluding hydrogens is 292 g/mol. The molecule has 2 fully saturated rings. The summed E-state index contributed by atoms with van der Waals surface area (Å²) >= 11 is 0. The van der Waals surface area contributed by atoms with Crippen molar-refractivity contribution in [3.8, 4) is 0 Å². The molecule has 3 rings (SSSR count). The SMILES string of the molecule is CCC(CC)C(=O)N1CC(c2nncn2C)C2(CCOCC2)C1. The number of ether oxygens (including phenoxy) is 1. The summed E-state index contributed by atoms with van der Waals surface area (Å²) in [7, 11) is 1.99. The largest absolute Gasteiger partial charge is 0.381 e. The number of likely N-dealkylation sites (tertiary alicyclic amines) is 1. The van der Waals surface area contributed by atoms with Crippen LogP contribution in [0.1, 0.15) is 51.3 Å². The number of nitrogens with zero attached hydrogens (tertiary/aromatic N) is 4. The number of aryl methyl sites for hydroxylation is 1. The highest BCUT2D eigenvalue weighted by Gasteiger charge is 2.51. The number of carbonyl (C=O) groups is 1. The molecule has 1 spiro atoms. The molecule has 23 heavy (non-hydrogen) atoms. The van der Waals surface area contributed by atoms with E-state index < -0.39 is 0 Å². The second kappa shape index (κ2) is 6.59. The highest BCUT2D eigenvalue weighted by molar-refractivity contribution is 5.79. The molecule has 2 aliphatic heterocycles. The van der Waals surface area contributed by atoms with E-state index in [0.717, 1.165) is 57.8 Å². The molecule has 2 saturated heterocycles. The van der Waals surface area contributed by atoms with Crippen molar-refractivity contribution in [2.75, 3.05) is 26.3 Å². The predicted octanol–water partition coefficient (Wildman–Crippen LogP) is 1.97. The van der Waals surface area contributed by atoms with Gasteiger partial charge in [-0.1, -0.05) is 13.8 Å². The van der Waals surface area contributed by atoms with Gasteiger partial charge in [-0.15, -0.1) is 10.2 Å². The van der Waals surface area contributed by atoms with Gasteiger partial charge in [0, 0.05) is 50.6 Å². The van der Waals surface area contributed by atoms with Gasteiger partial charge in [0.1, 0.15) is 12.2 Å². The first-order chi connectivity index (χ1) is 11.1. The van der Waals surface area contributed by atoms with Crippen molar-refractivity contribution in [1.82, 2.24) is 19.7 Å². The second-order valence-corrected chi connectivity index (χ2v) is 7.06. The Bertz CT molecular complexity index is 547. The van der Waals surface area contributed by atoms with Crippen LogP contribution in [-0.4, -0.2) is 51.9 Å². The third-order valence-corrected chi connectivity index (χ3v) is 5.84. The lowest BCUT2D eigenvalue weighted by Gasteiger charge is -2.37. The van der Waals surface area contributed by atoms with Gasteiger partial charge in [0.05, 0.1) is 0 Å². The van der Waals surface area contributed by atoms with Crippen molar-refractivity contribution >= 4 is 5.91 Å². The quantitative estimate of drug-likeness (QED) is 0.851. The van der Waals surface area contributed by atoms with Crippen molar-refractivity contribution in [1.29, 1.82) is 0 Å². The molecular formula is C17H28N4O2. The van der Waals surface area contributed by atoms with Crippen molar-refractivity contribution < 1.29 is 9.53 Å². The van der Waals surface area contributed by atoms with Crippen LogP contribution in [0.3, 0.4) is 0 Å². The molecule has 0 saturated carbocycles. The molecule has 1 aromatic heterocycles. The van der Waals surface area contributed by atoms with Crippen LogP contribution in [0.15, 0.2) is 6.33 Å². The Morgan fingerprint density at radius 2 is 2.09 bits per heavy atom. The first-order valence-electron chi connectivity index (χ1n) is 8.81. The fraction of sp³-hybridized carbons (Fsp3) is 0.824. The Morgan fingerprint density at radius 1 is 1.39 bits per heavy atom. The van der Waals surface area contributed by atoms with Crippen LogP contribution in [0.25, 0.3) is 0 Å². The van der Waals surface area contributed by atoms with Crippen molar-refractivity contribution in [2.45, 2.75) is 45.4 Å². The Hall–Kier alpha value is -1.43. The van der Waals surface area contributed by atoms with Crippen molar-refractivity contribution in [2.24, 2.45) is 18.4 Å². The fourth-order valence-electron chi connectivity index (χ4n) is 4.28. The van der Waals surface area contributed by atoms with E-state index in [4.69, 9.17) is 4.74 Å². The van der Waals surface area contributed by atoms with Gasteiger partial charge in [-0.3, -0.25) is 4.79 Å². The predicted molar refractivity (Wildman–Crippen MR) is 86.9 cm³/mol. The molecule has 0 radical (unpaired) electrons. The molecule has 1 amide bonds. The van der Waals surface area contributed by atoms with Crippen LogP contribution in [0.2, 0.25) is 0 Å². The molecule has 1 unspecified atom stereocenters. The van der Waals surface area contributed by atoms with Crippen LogP contribution < -0.4 is 0 Å². The van der Waals surface area contributed by atoms with Crippen LogP contribution in [0, 0.1) is 11.3 Å². The third-order valence-electron chi connectivity index (χ3n) is 5.84. The molecule has 1 atom stereocenters. The van der Waals surface area contributed by atoms with Crippen LogP contribution >= 0.6 is 0 Å². The average molecular weight is 320 g/mol. The highest BCUT2D eigenvalue weighted by Crippen LogP contribution is 2.49. The van der Waals surface area contributed by atoms with Crippen molar-refractivity contribution in [3.63, 3.8) is 0 Å². The van der Waals surface area contributed by atoms with E-state index in [-0.39, 0.29) is 17.3 Å². The minimum absolute atomic E-state index is 0.0980. The maximum atomic E-state index is 12.9. The van der Waals surface area contributed by atoms with Crippen LogP contribution in [0.5, 0.6) is 0 Å². The highest BCUT2D eigenvalue weighted by atomic mass is 16.5. The zero-order valence-corrected chi connectivity index (χ0v) is 14.5. The summed E-state index contributed by atoms with van der Waals surface area (Å²) in [4.78, 5) is 15.0. The second-order valence-electron chi connectivity index (χ2n) is 7.06. The van der Waals surface area contributed by atoms with Gasteiger partial charge in [0.25, 0.3) is 0 Å². The summed E-state index contributed by atoms with van der Waals surface area (Å²) in [6, 6.07) is 0. The summed E-state index contributed by atoms with van der Waals surface area (Å²) < 4.78 is 7.60. The van der Waals surface area contributed by atoms with E-state index >= 15 is 0 Å². The van der Waals surface area contributed by atoms with Gasteiger partial charge in [-0.05, 0) is 25.7 Å². The molecule has 0 aromatic carbocycles. The Morgan fingerprint density at radius 3 is 2.65 bits per heavy atom. The lowest BCUT2D eigenvalue weighted by molar-refractivity contribution is -0.135. The smallest absolute Gasteiger partial charge is 0.225 e. The van der Waals surface area contributed by atoms with Gasteiger partial charge in [-0.25, -0.2) is 0 Å². The average Bonchev–Trinajstić information content (AvgIpc) is 3.13. The third kappa shape index (κ3) is 2.89. The number of amides is 1. The topological polar surface area (TPSA) is 60.2 Å². The van der Waals surface area contributed by atoms with Gasteiger partial charge < -0.3 is 14.2 Å². The first kappa shape index (κ1) is 16.4. The molecule has 0 N–H and O–H groups in total. The van der Waals surface area contributed by atoms with Crippen molar-refractivity contribution in [3.05, 3.63) is 12.2 Å². The Kier molecular flexibility index (Phi) is 4.71. The Balaban J connectivity index is 1.88. The summed E-state index contributed by atoms with van der Waals surface area (Å²) in [5, 5.41) is 8.42. The molecule has 6 heteroatoms. The normalized spacial score (nSPS) is 23.8. The number of hydrogen-bond acceptors (Lipinski definition) is 4. The van der Waals surface area contributed by atoms with E-state index in [1.807, 2.05) is 11.6 Å². The molecule has 3 heterocycles. The summed E-state index contributed by atoms with van der Waals surface area (Å²) in [5.41, 5.74) is 0.0980. The summed E-state index contributed by atoms with van der Waals surface area (Å²) in [6.45, 7) is 7.37. The minimum atomic E-state index is 0.0980. The minimum Gasteiger partial charge on any atom is -0.381 e. The fourth-order valence-corrected chi connectivity index (χ4v) is 4.28. The van der Waals surface area contributed by atoms with Gasteiger partial charge >= 0.3 is 0 Å². The molecule has 2 aliphatic rings. The van der Waals surface area contributed by atoms with E-state index in [9.17, 15) is 4.79 Å². The van der Waals surface area contributed by atoms with Gasteiger partial charge in [0.15, 0.2) is 0 Å². The summed E-state index contributed by atoms with van der Waals surface area (Å²) in [5.74, 6) is 1.72. The first-order valence-corrected chi connectivity index (χ1v) is 8.81. The van der Waals surface area contributed by atoms with Gasteiger partial charge in [0.2, 0.25) is 5.91 Å². The zero-order valence-electron chi connectivity index (χ0n) is 14.5. The molecule has 0 aliphatic carbocycles. The van der Waals surface area contributed by atoms with E-state index in [0.29, 0.717) is 5.91 Å². The lowest BCUT2D eigenvalue weighted by Crippen LogP contribution is -2.39. The van der Waals surface area contributed by atoms with E-state index in [1.54, 1.807) is 6.33 Å². The number of aromatic nitrogens is 3. The van der Waals surface area contributed by atoms with Crippen LogP contribution in [0.4, 0.5) is 0 Å². The van der Waals surface area contributed by atoms with E-state index in [2.05, 4.69) is 28.9 Å². The monoisotopic (exact) mass is 320 g/mol. The number of carbonyl (C=O) groups excluding carboxylic acids is 1. The standard InChI is InChI=1S/C17H28N4O2/c1-4-13(5-2)16(22)21-10-14(15-19-18-12-20(15)3)17(11-21)6-8-23-9-7-17/h12-14H,4-11H2,1-3H3. The maximum absolute atomic E-state index is 12.9. The van der Waals surface area contributed by atoms with Gasteiger partial charge in [-0.2, -0.15) is 0 Å². The van der Waals surface area contributed by atoms with Crippen LogP contribution in [-0.2, 0) is 16.6 Å². The Labute approximate surface area is 138 Å². The summed E-state index contributed by atoms with van der Waals surface area (Å²) in [6.07, 6.45) is 5.58. The number of hydrogen-bond donors (Lipinski definition) is 0. The molecule has 128 valence electrons. The number of rotatable bonds is 4. The molecule has 0 bridgehead atoms.